The number of aromatic nitrogens is 4. The minimum atomic E-state index is 0.0660. The monoisotopic (exact) mass is 337 g/mol. The van der Waals surface area contributed by atoms with E-state index in [1.165, 1.54) is 0 Å². The van der Waals surface area contributed by atoms with E-state index >= 15 is 0 Å². The number of anilines is 1. The van der Waals surface area contributed by atoms with Crippen LogP contribution >= 0.6 is 0 Å². The van der Waals surface area contributed by atoms with E-state index in [1.54, 1.807) is 12.4 Å². The van der Waals surface area contributed by atoms with Crippen LogP contribution in [0.3, 0.4) is 0 Å². The summed E-state index contributed by atoms with van der Waals surface area (Å²) in [6, 6.07) is 10.3. The maximum absolute atomic E-state index is 5.59. The Kier molecular flexibility index (Phi) is 4.97. The van der Waals surface area contributed by atoms with Gasteiger partial charge in [0.2, 0.25) is 5.88 Å². The molecule has 0 aliphatic rings. The van der Waals surface area contributed by atoms with Crippen molar-refractivity contribution in [2.75, 3.05) is 5.32 Å². The van der Waals surface area contributed by atoms with E-state index in [0.717, 1.165) is 22.6 Å². The van der Waals surface area contributed by atoms with Crippen molar-refractivity contribution in [2.24, 2.45) is 0 Å². The van der Waals surface area contributed by atoms with Gasteiger partial charge in [-0.15, -0.1) is 0 Å². The van der Waals surface area contributed by atoms with Gasteiger partial charge in [0.25, 0.3) is 0 Å². The lowest BCUT2D eigenvalue weighted by atomic mass is 10.1. The standard InChI is InChI=1S/C19H23N5O/c1-13(2)25-19-12-20-11-18(22-19)21-10-16-7-5-6-8-17(16)24-15(4)9-14(3)23-24/h5-9,11-13H,10H2,1-4H3,(H,21,22). The molecule has 1 aromatic carbocycles. The number of hydrogen-bond acceptors (Lipinski definition) is 5. The maximum Gasteiger partial charge on any atom is 0.234 e. The summed E-state index contributed by atoms with van der Waals surface area (Å²) in [6.07, 6.45) is 3.38. The molecule has 0 atom stereocenters. The molecule has 2 aromatic heterocycles. The van der Waals surface area contributed by atoms with Crippen molar-refractivity contribution in [3.05, 3.63) is 59.7 Å². The minimum absolute atomic E-state index is 0.0660. The van der Waals surface area contributed by atoms with Crippen molar-refractivity contribution in [2.45, 2.75) is 40.3 Å². The summed E-state index contributed by atoms with van der Waals surface area (Å²) in [5.74, 6) is 1.20. The largest absolute Gasteiger partial charge is 0.474 e. The molecule has 0 unspecified atom stereocenters. The second kappa shape index (κ2) is 7.34. The van der Waals surface area contributed by atoms with Gasteiger partial charge >= 0.3 is 0 Å². The number of nitrogens with one attached hydrogen (secondary N) is 1. The average Bonchev–Trinajstić information content (AvgIpc) is 2.91. The topological polar surface area (TPSA) is 64.9 Å². The van der Waals surface area contributed by atoms with Gasteiger partial charge in [0.05, 0.1) is 29.9 Å². The highest BCUT2D eigenvalue weighted by Gasteiger charge is 2.09. The van der Waals surface area contributed by atoms with E-state index in [2.05, 4.69) is 45.5 Å². The highest BCUT2D eigenvalue weighted by Crippen LogP contribution is 2.18. The molecule has 0 amide bonds. The molecule has 0 bridgehead atoms. The Balaban J connectivity index is 1.79. The molecule has 6 heteroatoms. The van der Waals surface area contributed by atoms with Crippen LogP contribution in [0.25, 0.3) is 5.69 Å². The Bertz CT molecular complexity index is 857. The predicted molar refractivity (Wildman–Crippen MR) is 98.2 cm³/mol. The second-order valence-electron chi connectivity index (χ2n) is 6.23. The molecular weight excluding hydrogens is 314 g/mol. The number of hydrogen-bond donors (Lipinski definition) is 1. The van der Waals surface area contributed by atoms with E-state index in [1.807, 2.05) is 37.6 Å². The third-order valence-electron chi connectivity index (χ3n) is 3.66. The third-order valence-corrected chi connectivity index (χ3v) is 3.66. The first-order chi connectivity index (χ1) is 12.0. The van der Waals surface area contributed by atoms with E-state index < -0.39 is 0 Å². The van der Waals surface area contributed by atoms with Crippen LogP contribution in [0, 0.1) is 13.8 Å². The van der Waals surface area contributed by atoms with Crippen LogP contribution in [0.4, 0.5) is 5.82 Å². The van der Waals surface area contributed by atoms with E-state index in [9.17, 15) is 0 Å². The highest BCUT2D eigenvalue weighted by atomic mass is 16.5. The molecule has 25 heavy (non-hydrogen) atoms. The SMILES string of the molecule is Cc1cc(C)n(-c2ccccc2CNc2cncc(OC(C)C)n2)n1. The van der Waals surface area contributed by atoms with Crippen LogP contribution in [-0.4, -0.2) is 25.9 Å². The van der Waals surface area contributed by atoms with Gasteiger partial charge in [-0.05, 0) is 45.4 Å². The summed E-state index contributed by atoms with van der Waals surface area (Å²) in [4.78, 5) is 8.61. The highest BCUT2D eigenvalue weighted by molar-refractivity contribution is 5.44. The van der Waals surface area contributed by atoms with Crippen LogP contribution in [0.1, 0.15) is 30.8 Å². The summed E-state index contributed by atoms with van der Waals surface area (Å²) < 4.78 is 7.56. The number of benzene rings is 1. The van der Waals surface area contributed by atoms with Gasteiger partial charge < -0.3 is 10.1 Å². The molecule has 0 radical (unpaired) electrons. The summed E-state index contributed by atoms with van der Waals surface area (Å²) in [5.41, 5.74) is 4.30. The fourth-order valence-corrected chi connectivity index (χ4v) is 2.66. The lowest BCUT2D eigenvalue weighted by Crippen LogP contribution is -2.10. The molecular formula is C19H23N5O. The van der Waals surface area contributed by atoms with Crippen molar-refractivity contribution >= 4 is 5.82 Å². The Hall–Kier alpha value is -2.89. The van der Waals surface area contributed by atoms with E-state index in [-0.39, 0.29) is 6.10 Å². The Morgan fingerprint density at radius 3 is 2.68 bits per heavy atom. The van der Waals surface area contributed by atoms with E-state index in [4.69, 9.17) is 4.74 Å². The number of rotatable bonds is 6. The van der Waals surface area contributed by atoms with Gasteiger partial charge in [-0.2, -0.15) is 10.1 Å². The number of nitrogens with zero attached hydrogens (tertiary/aromatic N) is 4. The van der Waals surface area contributed by atoms with Gasteiger partial charge in [0, 0.05) is 12.2 Å². The van der Waals surface area contributed by atoms with Crippen molar-refractivity contribution < 1.29 is 4.74 Å². The van der Waals surface area contributed by atoms with E-state index in [0.29, 0.717) is 18.2 Å². The zero-order valence-electron chi connectivity index (χ0n) is 15.0. The Morgan fingerprint density at radius 1 is 1.16 bits per heavy atom. The molecule has 0 fully saturated rings. The van der Waals surface area contributed by atoms with Crippen LogP contribution in [0.5, 0.6) is 5.88 Å². The molecule has 0 aliphatic carbocycles. The second-order valence-corrected chi connectivity index (χ2v) is 6.23. The van der Waals surface area contributed by atoms with Gasteiger partial charge in [0.15, 0.2) is 0 Å². The van der Waals surface area contributed by atoms with Crippen LogP contribution in [-0.2, 0) is 6.54 Å². The van der Waals surface area contributed by atoms with Crippen molar-refractivity contribution in [1.82, 2.24) is 19.7 Å². The molecule has 3 rings (SSSR count). The summed E-state index contributed by atoms with van der Waals surface area (Å²) in [7, 11) is 0. The number of ether oxygens (including phenoxy) is 1. The molecule has 0 saturated carbocycles. The Morgan fingerprint density at radius 2 is 1.96 bits per heavy atom. The predicted octanol–water partition coefficient (Wildman–Crippen LogP) is 3.68. The molecule has 1 N–H and O–H groups in total. The molecule has 130 valence electrons. The molecule has 0 saturated heterocycles. The van der Waals surface area contributed by atoms with Gasteiger partial charge in [-0.3, -0.25) is 4.98 Å². The first kappa shape index (κ1) is 17.0. The summed E-state index contributed by atoms with van der Waals surface area (Å²) in [6.45, 7) is 8.61. The van der Waals surface area contributed by atoms with Crippen molar-refractivity contribution in [3.8, 4) is 11.6 Å². The smallest absolute Gasteiger partial charge is 0.234 e. The van der Waals surface area contributed by atoms with Crippen LogP contribution in [0.15, 0.2) is 42.7 Å². The first-order valence-corrected chi connectivity index (χ1v) is 8.37. The van der Waals surface area contributed by atoms with Crippen molar-refractivity contribution in [1.29, 1.82) is 0 Å². The average molecular weight is 337 g/mol. The third kappa shape index (κ3) is 4.15. The summed E-state index contributed by atoms with van der Waals surface area (Å²) in [5, 5.41) is 7.90. The van der Waals surface area contributed by atoms with Crippen LogP contribution < -0.4 is 10.1 Å². The Labute approximate surface area is 147 Å². The normalized spacial score (nSPS) is 10.9. The lowest BCUT2D eigenvalue weighted by molar-refractivity contribution is 0.232. The fourth-order valence-electron chi connectivity index (χ4n) is 2.66. The molecule has 0 spiro atoms. The minimum Gasteiger partial charge on any atom is -0.474 e. The number of aryl methyl sites for hydroxylation is 2. The zero-order chi connectivity index (χ0) is 17.8. The summed E-state index contributed by atoms with van der Waals surface area (Å²) >= 11 is 0. The van der Waals surface area contributed by atoms with Gasteiger partial charge in [-0.25, -0.2) is 4.68 Å². The van der Waals surface area contributed by atoms with Crippen LogP contribution in [0.2, 0.25) is 0 Å². The van der Waals surface area contributed by atoms with Gasteiger partial charge in [-0.1, -0.05) is 18.2 Å². The maximum atomic E-state index is 5.59. The first-order valence-electron chi connectivity index (χ1n) is 8.37. The zero-order valence-corrected chi connectivity index (χ0v) is 15.0. The number of para-hydroxylation sites is 1. The fraction of sp³-hybridized carbons (Fsp3) is 0.316. The molecule has 3 aromatic rings. The lowest BCUT2D eigenvalue weighted by Gasteiger charge is -2.13. The quantitative estimate of drug-likeness (QED) is 0.743. The molecule has 6 nitrogen and oxygen atoms in total. The van der Waals surface area contributed by atoms with Gasteiger partial charge in [0.1, 0.15) is 5.82 Å². The molecule has 0 aliphatic heterocycles. The van der Waals surface area contributed by atoms with Crippen molar-refractivity contribution in [3.63, 3.8) is 0 Å². The molecule has 2 heterocycles.